The van der Waals surface area contributed by atoms with Crippen molar-refractivity contribution < 1.29 is 21.1 Å². The molecule has 1 rings (SSSR count). The van der Waals surface area contributed by atoms with Crippen molar-refractivity contribution >= 4 is 0 Å². The normalized spacial score (nSPS) is 12.4. The van der Waals surface area contributed by atoms with Gasteiger partial charge in [-0.3, -0.25) is 0 Å². The molecule has 0 amide bonds. The zero-order valence-corrected chi connectivity index (χ0v) is 27.1. The Hall–Kier alpha value is -0.0169. The van der Waals surface area contributed by atoms with Gasteiger partial charge in [0.05, 0.1) is 0 Å². The van der Waals surface area contributed by atoms with E-state index in [4.69, 9.17) is 0 Å². The molecule has 0 aliphatic rings. The molecule has 3 nitrogen and oxygen atoms in total. The number of benzene rings is 1. The molecule has 0 unspecified atom stereocenters. The van der Waals surface area contributed by atoms with Crippen LogP contribution in [0.1, 0.15) is 124 Å². The summed E-state index contributed by atoms with van der Waals surface area (Å²) in [5, 5.41) is 0. The van der Waals surface area contributed by atoms with Crippen LogP contribution in [-0.2, 0) is 25.3 Å². The molecular weight excluding hydrogens is 506 g/mol. The van der Waals surface area contributed by atoms with Crippen molar-refractivity contribution in [1.82, 2.24) is 8.53 Å². The molecule has 4 heteroatoms. The van der Waals surface area contributed by atoms with Crippen molar-refractivity contribution in [2.24, 2.45) is 0 Å². The molecule has 0 fully saturated rings. The van der Waals surface area contributed by atoms with Gasteiger partial charge < -0.3 is 0 Å². The summed E-state index contributed by atoms with van der Waals surface area (Å²) in [6, 6.07) is 11.6. The molecule has 0 spiro atoms. The standard InChI is InChI=1S/3C8H18N.C7H7.Zr/c3*1-3-5-7-9-8-6-4-2;1-7-5-3-2-4-6-7;/h3*3-8H2,1-2H3;2-6H,1H2;/q3*-1;;+3. The fourth-order valence-electron chi connectivity index (χ4n) is 5.31. The molecule has 0 saturated heterocycles. The Morgan fingerprint density at radius 2 is 0.743 bits per heavy atom. The molecule has 0 bridgehead atoms. The van der Waals surface area contributed by atoms with Crippen LogP contribution in [-0.4, -0.2) is 47.8 Å². The third kappa shape index (κ3) is 11.5. The first-order valence-corrected chi connectivity index (χ1v) is 20.5. The number of unbranched alkanes of at least 4 members (excludes halogenated alkanes) is 6. The molecule has 0 radical (unpaired) electrons. The van der Waals surface area contributed by atoms with Crippen LogP contribution in [0.3, 0.4) is 0 Å². The van der Waals surface area contributed by atoms with Crippen molar-refractivity contribution in [3.05, 3.63) is 35.9 Å². The van der Waals surface area contributed by atoms with Gasteiger partial charge in [0.15, 0.2) is 0 Å². The molecular formula is C31H61N3Zr. The topological polar surface area (TPSA) is 9.72 Å². The summed E-state index contributed by atoms with van der Waals surface area (Å²) in [5.74, 6) is 0. The molecule has 1 aromatic rings. The first-order chi connectivity index (χ1) is 17.1. The fourth-order valence-corrected chi connectivity index (χ4v) is 19.4. The Bertz CT molecular complexity index is 520. The van der Waals surface area contributed by atoms with E-state index < -0.39 is 21.1 Å². The Morgan fingerprint density at radius 3 is 1.00 bits per heavy atom. The summed E-state index contributed by atoms with van der Waals surface area (Å²) < 4.78 is 10.8. The molecule has 1 aromatic carbocycles. The summed E-state index contributed by atoms with van der Waals surface area (Å²) in [4.78, 5) is 0. The maximum atomic E-state index is 3.16. The average molecular weight is 567 g/mol. The second kappa shape index (κ2) is 21.0. The Morgan fingerprint density at radius 1 is 0.457 bits per heavy atom. The number of nitrogens with zero attached hydrogens (tertiary/aromatic N) is 3. The van der Waals surface area contributed by atoms with Crippen molar-refractivity contribution in [3.63, 3.8) is 0 Å². The Labute approximate surface area is 226 Å². The molecule has 0 atom stereocenters. The van der Waals surface area contributed by atoms with E-state index in [-0.39, 0.29) is 0 Å². The van der Waals surface area contributed by atoms with Crippen LogP contribution in [0.5, 0.6) is 0 Å². The van der Waals surface area contributed by atoms with Crippen LogP contribution in [0.4, 0.5) is 0 Å². The van der Waals surface area contributed by atoms with Crippen LogP contribution >= 0.6 is 0 Å². The van der Waals surface area contributed by atoms with Gasteiger partial charge in [-0.25, -0.2) is 0 Å². The Kier molecular flexibility index (Phi) is 19.8. The van der Waals surface area contributed by atoms with E-state index in [2.05, 4.69) is 80.4 Å². The molecule has 204 valence electrons. The van der Waals surface area contributed by atoms with E-state index in [0.29, 0.717) is 0 Å². The third-order valence-electron chi connectivity index (χ3n) is 7.49. The zero-order chi connectivity index (χ0) is 25.8. The minimum atomic E-state index is -3.23. The molecule has 0 aliphatic heterocycles. The number of rotatable bonds is 23. The van der Waals surface area contributed by atoms with Crippen LogP contribution in [0.15, 0.2) is 30.3 Å². The third-order valence-corrected chi connectivity index (χ3v) is 20.4. The van der Waals surface area contributed by atoms with Gasteiger partial charge in [0, 0.05) is 0 Å². The first kappa shape index (κ1) is 33.0. The van der Waals surface area contributed by atoms with Gasteiger partial charge >= 0.3 is 228 Å². The van der Waals surface area contributed by atoms with E-state index in [1.165, 1.54) is 120 Å². The van der Waals surface area contributed by atoms with E-state index in [9.17, 15) is 0 Å². The van der Waals surface area contributed by atoms with Gasteiger partial charge in [0.25, 0.3) is 0 Å². The van der Waals surface area contributed by atoms with Gasteiger partial charge in [-0.15, -0.1) is 0 Å². The van der Waals surface area contributed by atoms with Gasteiger partial charge in [0.2, 0.25) is 0 Å². The first-order valence-electron chi connectivity index (χ1n) is 15.4. The predicted molar refractivity (Wildman–Crippen MR) is 154 cm³/mol. The second-order valence-electron chi connectivity index (χ2n) is 10.5. The van der Waals surface area contributed by atoms with Gasteiger partial charge in [-0.1, -0.05) is 0 Å². The van der Waals surface area contributed by atoms with Crippen LogP contribution in [0.25, 0.3) is 0 Å². The minimum absolute atomic E-state index is 1.29. The van der Waals surface area contributed by atoms with E-state index >= 15 is 0 Å². The quantitative estimate of drug-likeness (QED) is 0.131. The van der Waals surface area contributed by atoms with Crippen molar-refractivity contribution in [1.29, 1.82) is 0 Å². The van der Waals surface area contributed by atoms with E-state index in [1.807, 2.05) is 0 Å². The van der Waals surface area contributed by atoms with E-state index in [0.717, 1.165) is 0 Å². The summed E-state index contributed by atoms with van der Waals surface area (Å²) in [7, 11) is 0. The Balaban J connectivity index is 3.75. The van der Waals surface area contributed by atoms with Crippen LogP contribution in [0, 0.1) is 0 Å². The molecule has 0 aliphatic carbocycles. The van der Waals surface area contributed by atoms with Crippen LogP contribution < -0.4 is 0 Å². The summed E-state index contributed by atoms with van der Waals surface area (Å²) >= 11 is -3.23. The average Bonchev–Trinajstić information content (AvgIpc) is 2.88. The molecule has 0 aromatic heterocycles. The van der Waals surface area contributed by atoms with Crippen molar-refractivity contribution in [2.75, 3.05) is 39.3 Å². The summed E-state index contributed by atoms with van der Waals surface area (Å²) in [5.41, 5.74) is 1.58. The van der Waals surface area contributed by atoms with E-state index in [1.54, 1.807) is 5.56 Å². The van der Waals surface area contributed by atoms with Gasteiger partial charge in [0.1, 0.15) is 0 Å². The molecule has 0 saturated carbocycles. The predicted octanol–water partition coefficient (Wildman–Crippen LogP) is 8.79. The van der Waals surface area contributed by atoms with Gasteiger partial charge in [-0.2, -0.15) is 0 Å². The van der Waals surface area contributed by atoms with Crippen LogP contribution in [0.2, 0.25) is 0 Å². The van der Waals surface area contributed by atoms with Crippen molar-refractivity contribution in [3.8, 4) is 0 Å². The molecule has 0 N–H and O–H groups in total. The second-order valence-corrected chi connectivity index (χ2v) is 19.9. The molecule has 0 heterocycles. The van der Waals surface area contributed by atoms with Crippen molar-refractivity contribution in [2.45, 2.75) is 123 Å². The summed E-state index contributed by atoms with van der Waals surface area (Å²) in [6.45, 7) is 22.0. The molecule has 35 heavy (non-hydrogen) atoms. The maximum absolute atomic E-state index is 3.23. The number of hydrogen-bond donors (Lipinski definition) is 0. The number of hydrogen-bond acceptors (Lipinski definition) is 3. The fraction of sp³-hybridized carbons (Fsp3) is 0.806. The zero-order valence-electron chi connectivity index (χ0n) is 24.7. The van der Waals surface area contributed by atoms with Gasteiger partial charge in [-0.05, 0) is 0 Å². The summed E-state index contributed by atoms with van der Waals surface area (Å²) in [6.07, 6.45) is 15.8. The monoisotopic (exact) mass is 565 g/mol. The SMILES string of the molecule is CCCC[N](CCCC)[Zr]([CH2]c1ccccc1)([N](CCCC)CCCC)[N](CCCC)CCCC.